The lowest BCUT2D eigenvalue weighted by Crippen LogP contribution is -2.49. The van der Waals surface area contributed by atoms with Crippen LogP contribution in [0.3, 0.4) is 0 Å². The molecule has 0 atom stereocenters. The van der Waals surface area contributed by atoms with Crippen molar-refractivity contribution in [3.63, 3.8) is 0 Å². The van der Waals surface area contributed by atoms with Crippen LogP contribution in [0.2, 0.25) is 0 Å². The molecule has 0 aromatic heterocycles. The molecule has 1 aromatic carbocycles. The number of guanidine groups is 1. The van der Waals surface area contributed by atoms with Crippen molar-refractivity contribution in [3.8, 4) is 0 Å². The largest absolute Gasteiger partial charge is 0.450 e. The summed E-state index contributed by atoms with van der Waals surface area (Å²) in [6.45, 7) is 3.99. The van der Waals surface area contributed by atoms with E-state index in [1.54, 1.807) is 31.0 Å². The van der Waals surface area contributed by atoms with Crippen molar-refractivity contribution in [1.29, 1.82) is 0 Å². The Morgan fingerprint density at radius 2 is 2.00 bits per heavy atom. The van der Waals surface area contributed by atoms with Crippen LogP contribution in [0.15, 0.2) is 29.3 Å². The molecule has 0 bridgehead atoms. The monoisotopic (exact) mass is 363 g/mol. The van der Waals surface area contributed by atoms with Crippen LogP contribution in [0.4, 0.5) is 10.5 Å². The third kappa shape index (κ3) is 5.61. The smallest absolute Gasteiger partial charge is 0.409 e. The van der Waals surface area contributed by atoms with Gasteiger partial charge in [-0.3, -0.25) is 15.1 Å². The molecule has 2 rings (SSSR count). The second-order valence-electron chi connectivity index (χ2n) is 5.95. The average molecular weight is 363 g/mol. The molecule has 0 saturated carbocycles. The number of nitro groups is 1. The van der Waals surface area contributed by atoms with Gasteiger partial charge in [-0.05, 0) is 25.3 Å². The maximum atomic E-state index is 11.7. The Bertz CT molecular complexity index is 639. The number of ether oxygens (including phenoxy) is 1. The summed E-state index contributed by atoms with van der Waals surface area (Å²) in [5, 5.41) is 17.2. The maximum Gasteiger partial charge on any atom is 0.409 e. The fourth-order valence-electron chi connectivity index (χ4n) is 2.73. The Morgan fingerprint density at radius 3 is 2.54 bits per heavy atom. The normalized spacial score (nSPS) is 15.5. The highest BCUT2D eigenvalue weighted by atomic mass is 16.6. The van der Waals surface area contributed by atoms with Crippen LogP contribution in [-0.4, -0.2) is 54.7 Å². The quantitative estimate of drug-likeness (QED) is 0.358. The summed E-state index contributed by atoms with van der Waals surface area (Å²) in [5.41, 5.74) is 1.00. The third-order valence-electron chi connectivity index (χ3n) is 4.19. The highest BCUT2D eigenvalue weighted by molar-refractivity contribution is 5.80. The first-order valence-corrected chi connectivity index (χ1v) is 8.65. The van der Waals surface area contributed by atoms with Crippen LogP contribution >= 0.6 is 0 Å². The molecule has 1 aromatic rings. The van der Waals surface area contributed by atoms with Crippen molar-refractivity contribution in [2.75, 3.05) is 26.7 Å². The van der Waals surface area contributed by atoms with Crippen molar-refractivity contribution in [1.82, 2.24) is 15.5 Å². The molecule has 0 radical (unpaired) electrons. The van der Waals surface area contributed by atoms with Crippen molar-refractivity contribution in [2.24, 2.45) is 4.99 Å². The Hall–Kier alpha value is -2.84. The lowest BCUT2D eigenvalue weighted by molar-refractivity contribution is -0.384. The van der Waals surface area contributed by atoms with Crippen LogP contribution in [0, 0.1) is 10.1 Å². The van der Waals surface area contributed by atoms with E-state index in [0.717, 1.165) is 18.4 Å². The lowest BCUT2D eigenvalue weighted by atomic mass is 10.1. The van der Waals surface area contributed by atoms with Crippen LogP contribution in [0.25, 0.3) is 0 Å². The van der Waals surface area contributed by atoms with Gasteiger partial charge in [0.15, 0.2) is 5.96 Å². The zero-order valence-electron chi connectivity index (χ0n) is 15.1. The number of amides is 1. The van der Waals surface area contributed by atoms with E-state index in [-0.39, 0.29) is 17.8 Å². The maximum absolute atomic E-state index is 11.7. The van der Waals surface area contributed by atoms with Crippen LogP contribution in [0.5, 0.6) is 0 Å². The molecular formula is C17H25N5O4. The first kappa shape index (κ1) is 19.5. The van der Waals surface area contributed by atoms with Gasteiger partial charge < -0.3 is 20.3 Å². The molecule has 1 aliphatic heterocycles. The fraction of sp³-hybridized carbons (Fsp3) is 0.529. The highest BCUT2D eigenvalue weighted by Gasteiger charge is 2.24. The zero-order valence-corrected chi connectivity index (χ0v) is 15.1. The predicted molar refractivity (Wildman–Crippen MR) is 98.0 cm³/mol. The number of aliphatic imine (C=N–C) groups is 1. The number of carbonyl (C=O) groups is 1. The van der Waals surface area contributed by atoms with E-state index in [1.165, 1.54) is 12.1 Å². The summed E-state index contributed by atoms with van der Waals surface area (Å²) < 4.78 is 5.02. The second-order valence-corrected chi connectivity index (χ2v) is 5.95. The number of nitrogens with zero attached hydrogens (tertiary/aromatic N) is 3. The number of hydrogen-bond donors (Lipinski definition) is 2. The van der Waals surface area contributed by atoms with Gasteiger partial charge in [-0.25, -0.2) is 4.79 Å². The number of likely N-dealkylation sites (tertiary alicyclic amines) is 1. The SMILES string of the molecule is CCOC(=O)N1CCC(NC(=NC)NCc2ccc([N+](=O)[O-])cc2)CC1. The number of piperidine rings is 1. The number of hydrogen-bond acceptors (Lipinski definition) is 5. The molecule has 1 amide bonds. The fourth-order valence-corrected chi connectivity index (χ4v) is 2.73. The van der Waals surface area contributed by atoms with Crippen LogP contribution < -0.4 is 10.6 Å². The summed E-state index contributed by atoms with van der Waals surface area (Å²) in [6, 6.07) is 6.63. The number of nitrogens with one attached hydrogen (secondary N) is 2. The van der Waals surface area contributed by atoms with Crippen LogP contribution in [0.1, 0.15) is 25.3 Å². The first-order chi connectivity index (χ1) is 12.5. The number of rotatable bonds is 5. The third-order valence-corrected chi connectivity index (χ3v) is 4.19. The van der Waals surface area contributed by atoms with E-state index in [9.17, 15) is 14.9 Å². The molecule has 0 aliphatic carbocycles. The van der Waals surface area contributed by atoms with Crippen molar-refractivity contribution in [2.45, 2.75) is 32.4 Å². The minimum absolute atomic E-state index is 0.0737. The van der Waals surface area contributed by atoms with Gasteiger partial charge in [0, 0.05) is 44.9 Å². The molecule has 9 nitrogen and oxygen atoms in total. The molecule has 1 fully saturated rings. The van der Waals surface area contributed by atoms with Gasteiger partial charge in [0.25, 0.3) is 5.69 Å². The molecule has 142 valence electrons. The van der Waals surface area contributed by atoms with Gasteiger partial charge in [0.05, 0.1) is 11.5 Å². The Labute approximate surface area is 152 Å². The van der Waals surface area contributed by atoms with Gasteiger partial charge in [-0.2, -0.15) is 0 Å². The average Bonchev–Trinajstić information content (AvgIpc) is 2.66. The van der Waals surface area contributed by atoms with Gasteiger partial charge in [0.1, 0.15) is 0 Å². The minimum Gasteiger partial charge on any atom is -0.450 e. The Kier molecular flexibility index (Phi) is 7.19. The van der Waals surface area contributed by atoms with Crippen LogP contribution in [-0.2, 0) is 11.3 Å². The van der Waals surface area contributed by atoms with Gasteiger partial charge in [-0.15, -0.1) is 0 Å². The number of nitro benzene ring substituents is 1. The number of non-ortho nitro benzene ring substituents is 1. The minimum atomic E-state index is -0.416. The van der Waals surface area contributed by atoms with E-state index in [2.05, 4.69) is 15.6 Å². The summed E-state index contributed by atoms with van der Waals surface area (Å²) in [4.78, 5) is 27.9. The van der Waals surface area contributed by atoms with Gasteiger partial charge in [-0.1, -0.05) is 12.1 Å². The lowest BCUT2D eigenvalue weighted by Gasteiger charge is -2.32. The van der Waals surface area contributed by atoms with E-state index in [0.29, 0.717) is 32.2 Å². The number of benzene rings is 1. The van der Waals surface area contributed by atoms with Crippen molar-refractivity contribution in [3.05, 3.63) is 39.9 Å². The molecule has 0 spiro atoms. The Morgan fingerprint density at radius 1 is 1.35 bits per heavy atom. The topological polar surface area (TPSA) is 109 Å². The molecule has 1 heterocycles. The molecule has 1 saturated heterocycles. The predicted octanol–water partition coefficient (Wildman–Crippen LogP) is 1.88. The van der Waals surface area contributed by atoms with E-state index >= 15 is 0 Å². The molecule has 1 aliphatic rings. The van der Waals surface area contributed by atoms with E-state index < -0.39 is 4.92 Å². The van der Waals surface area contributed by atoms with Gasteiger partial charge in [0.2, 0.25) is 0 Å². The summed E-state index contributed by atoms with van der Waals surface area (Å²) in [5.74, 6) is 0.665. The van der Waals surface area contributed by atoms with Crippen molar-refractivity contribution < 1.29 is 14.5 Å². The zero-order chi connectivity index (χ0) is 18.9. The summed E-state index contributed by atoms with van der Waals surface area (Å²) in [6.07, 6.45) is 1.38. The Balaban J connectivity index is 1.78. The first-order valence-electron chi connectivity index (χ1n) is 8.65. The number of carbonyl (C=O) groups excluding carboxylic acids is 1. The summed E-state index contributed by atoms with van der Waals surface area (Å²) in [7, 11) is 1.69. The summed E-state index contributed by atoms with van der Waals surface area (Å²) >= 11 is 0. The molecule has 26 heavy (non-hydrogen) atoms. The molecule has 9 heteroatoms. The van der Waals surface area contributed by atoms with E-state index in [1.807, 2.05) is 0 Å². The highest BCUT2D eigenvalue weighted by Crippen LogP contribution is 2.13. The molecular weight excluding hydrogens is 338 g/mol. The van der Waals surface area contributed by atoms with Gasteiger partial charge >= 0.3 is 6.09 Å². The molecule has 2 N–H and O–H groups in total. The van der Waals surface area contributed by atoms with E-state index in [4.69, 9.17) is 4.74 Å². The molecule has 0 unspecified atom stereocenters. The standard InChI is InChI=1S/C17H25N5O4/c1-3-26-17(23)21-10-8-14(9-11-21)20-16(18-2)19-12-13-4-6-15(7-5-13)22(24)25/h4-7,14H,3,8-12H2,1-2H3,(H2,18,19,20). The van der Waals surface area contributed by atoms with Crippen molar-refractivity contribution >= 4 is 17.7 Å². The second kappa shape index (κ2) is 9.59.